The number of ether oxygens (including phenoxy) is 1. The van der Waals surface area contributed by atoms with Crippen LogP contribution in [-0.2, 0) is 17.6 Å². The fraction of sp³-hybridized carbons (Fsp3) is 0.467. The number of rotatable bonds is 7. The van der Waals surface area contributed by atoms with Gasteiger partial charge in [-0.3, -0.25) is 0 Å². The van der Waals surface area contributed by atoms with Gasteiger partial charge in [-0.05, 0) is 31.4 Å². The van der Waals surface area contributed by atoms with Crippen molar-refractivity contribution in [3.8, 4) is 0 Å². The molecule has 0 radical (unpaired) electrons. The molecule has 1 unspecified atom stereocenters. The van der Waals surface area contributed by atoms with Crippen LogP contribution in [0.3, 0.4) is 0 Å². The van der Waals surface area contributed by atoms with Crippen LogP contribution in [0.5, 0.6) is 0 Å². The summed E-state index contributed by atoms with van der Waals surface area (Å²) < 4.78 is 10.5. The molecule has 1 aromatic carbocycles. The van der Waals surface area contributed by atoms with Crippen LogP contribution in [0, 0.1) is 6.92 Å². The van der Waals surface area contributed by atoms with Gasteiger partial charge in [0.2, 0.25) is 5.89 Å². The summed E-state index contributed by atoms with van der Waals surface area (Å²) in [6.45, 7) is 5.07. The summed E-state index contributed by atoms with van der Waals surface area (Å²) in [5.74, 6) is 1.13. The normalized spacial score (nSPS) is 12.6. The van der Waals surface area contributed by atoms with Crippen molar-refractivity contribution in [1.82, 2.24) is 10.1 Å². The van der Waals surface area contributed by atoms with Crippen molar-refractivity contribution in [3.05, 3.63) is 47.1 Å². The molecule has 1 heterocycles. The number of aromatic nitrogens is 2. The Morgan fingerprint density at radius 2 is 2.10 bits per heavy atom. The van der Waals surface area contributed by atoms with E-state index in [1.165, 1.54) is 11.1 Å². The third-order valence-electron chi connectivity index (χ3n) is 3.19. The van der Waals surface area contributed by atoms with E-state index in [1.807, 2.05) is 19.1 Å². The molecule has 0 aliphatic heterocycles. The molecule has 5 heteroatoms. The molecule has 2 rings (SSSR count). The summed E-state index contributed by atoms with van der Waals surface area (Å²) in [4.78, 5) is 4.33. The van der Waals surface area contributed by atoms with E-state index in [0.29, 0.717) is 24.9 Å². The van der Waals surface area contributed by atoms with Crippen molar-refractivity contribution in [1.29, 1.82) is 0 Å². The molecule has 0 amide bonds. The molecular formula is C15H21N3O2. The maximum absolute atomic E-state index is 5.92. The predicted octanol–water partition coefficient (Wildman–Crippen LogP) is 2.20. The van der Waals surface area contributed by atoms with Crippen molar-refractivity contribution in [2.45, 2.75) is 32.7 Å². The minimum absolute atomic E-state index is 0.328. The summed E-state index contributed by atoms with van der Waals surface area (Å²) in [6, 6.07) is 7.97. The molecular weight excluding hydrogens is 254 g/mol. The van der Waals surface area contributed by atoms with Crippen molar-refractivity contribution in [3.63, 3.8) is 0 Å². The Labute approximate surface area is 119 Å². The van der Waals surface area contributed by atoms with E-state index in [9.17, 15) is 0 Å². The summed E-state index contributed by atoms with van der Waals surface area (Å²) in [5, 5.41) is 3.91. The maximum Gasteiger partial charge on any atom is 0.227 e. The van der Waals surface area contributed by atoms with Gasteiger partial charge < -0.3 is 15.0 Å². The van der Waals surface area contributed by atoms with Crippen molar-refractivity contribution in [2.24, 2.45) is 5.73 Å². The summed E-state index contributed by atoms with van der Waals surface area (Å²) in [6.07, 6.45) is 1.61. The Morgan fingerprint density at radius 3 is 2.85 bits per heavy atom. The Morgan fingerprint density at radius 1 is 1.30 bits per heavy atom. The highest BCUT2D eigenvalue weighted by atomic mass is 16.5. The van der Waals surface area contributed by atoms with Crippen LogP contribution in [-0.4, -0.2) is 23.4 Å². The zero-order chi connectivity index (χ0) is 14.4. The molecule has 0 bridgehead atoms. The average Bonchev–Trinajstić information content (AvgIpc) is 2.93. The highest BCUT2D eigenvalue weighted by molar-refractivity contribution is 5.25. The SMILES string of the molecule is CCOCC(N)c1noc(CCc2ccccc2C)n1. The lowest BCUT2D eigenvalue weighted by Crippen LogP contribution is -2.18. The number of benzene rings is 1. The van der Waals surface area contributed by atoms with Crippen LogP contribution in [0.1, 0.15) is 35.8 Å². The minimum Gasteiger partial charge on any atom is -0.380 e. The topological polar surface area (TPSA) is 74.2 Å². The van der Waals surface area contributed by atoms with Gasteiger partial charge in [-0.2, -0.15) is 4.98 Å². The third kappa shape index (κ3) is 3.88. The minimum atomic E-state index is -0.328. The summed E-state index contributed by atoms with van der Waals surface area (Å²) in [5.41, 5.74) is 8.49. The number of nitrogens with zero attached hydrogens (tertiary/aromatic N) is 2. The second-order valence-electron chi connectivity index (χ2n) is 4.74. The predicted molar refractivity (Wildman–Crippen MR) is 76.3 cm³/mol. The molecule has 0 aliphatic carbocycles. The van der Waals surface area contributed by atoms with E-state index in [0.717, 1.165) is 12.8 Å². The molecule has 2 aromatic rings. The highest BCUT2D eigenvalue weighted by Crippen LogP contribution is 2.12. The zero-order valence-electron chi connectivity index (χ0n) is 12.0. The summed E-state index contributed by atoms with van der Waals surface area (Å²) >= 11 is 0. The van der Waals surface area contributed by atoms with E-state index in [-0.39, 0.29) is 6.04 Å². The Bertz CT molecular complexity index is 539. The first kappa shape index (κ1) is 14.7. The van der Waals surface area contributed by atoms with Gasteiger partial charge in [0.15, 0.2) is 5.82 Å². The molecule has 20 heavy (non-hydrogen) atoms. The second-order valence-corrected chi connectivity index (χ2v) is 4.74. The van der Waals surface area contributed by atoms with E-state index in [2.05, 4.69) is 29.2 Å². The monoisotopic (exact) mass is 275 g/mol. The molecule has 0 aliphatic rings. The standard InChI is InChI=1S/C15H21N3O2/c1-3-19-10-13(16)15-17-14(20-18-15)9-8-12-7-5-4-6-11(12)2/h4-7,13H,3,8-10,16H2,1-2H3. The fourth-order valence-electron chi connectivity index (χ4n) is 1.97. The number of hydrogen-bond acceptors (Lipinski definition) is 5. The van der Waals surface area contributed by atoms with E-state index in [1.54, 1.807) is 0 Å². The average molecular weight is 275 g/mol. The smallest absolute Gasteiger partial charge is 0.227 e. The molecule has 0 fully saturated rings. The van der Waals surface area contributed by atoms with Gasteiger partial charge in [0.25, 0.3) is 0 Å². The van der Waals surface area contributed by atoms with Crippen LogP contribution in [0.25, 0.3) is 0 Å². The largest absolute Gasteiger partial charge is 0.380 e. The lowest BCUT2D eigenvalue weighted by Gasteiger charge is -2.05. The van der Waals surface area contributed by atoms with Gasteiger partial charge in [-0.1, -0.05) is 29.4 Å². The van der Waals surface area contributed by atoms with Crippen LogP contribution >= 0.6 is 0 Å². The quantitative estimate of drug-likeness (QED) is 0.838. The molecule has 1 aromatic heterocycles. The Balaban J connectivity index is 1.91. The molecule has 2 N–H and O–H groups in total. The van der Waals surface area contributed by atoms with Gasteiger partial charge in [0.05, 0.1) is 12.6 Å². The van der Waals surface area contributed by atoms with E-state index >= 15 is 0 Å². The van der Waals surface area contributed by atoms with Crippen LogP contribution in [0.4, 0.5) is 0 Å². The number of aryl methyl sites for hydroxylation is 3. The third-order valence-corrected chi connectivity index (χ3v) is 3.19. The van der Waals surface area contributed by atoms with E-state index < -0.39 is 0 Å². The van der Waals surface area contributed by atoms with Gasteiger partial charge in [-0.15, -0.1) is 0 Å². The van der Waals surface area contributed by atoms with Gasteiger partial charge in [-0.25, -0.2) is 0 Å². The lowest BCUT2D eigenvalue weighted by atomic mass is 10.0. The Hall–Kier alpha value is -1.72. The first-order valence-electron chi connectivity index (χ1n) is 6.91. The zero-order valence-corrected chi connectivity index (χ0v) is 12.0. The van der Waals surface area contributed by atoms with Gasteiger partial charge in [0, 0.05) is 13.0 Å². The van der Waals surface area contributed by atoms with Crippen molar-refractivity contribution in [2.75, 3.05) is 13.2 Å². The second kappa shape index (κ2) is 7.17. The molecule has 0 spiro atoms. The molecule has 0 saturated carbocycles. The Kier molecular flexibility index (Phi) is 5.26. The molecule has 108 valence electrons. The van der Waals surface area contributed by atoms with Gasteiger partial charge in [0.1, 0.15) is 0 Å². The maximum atomic E-state index is 5.92. The molecule has 5 nitrogen and oxygen atoms in total. The number of hydrogen-bond donors (Lipinski definition) is 1. The molecule has 1 atom stereocenters. The fourth-order valence-corrected chi connectivity index (χ4v) is 1.97. The van der Waals surface area contributed by atoms with Crippen molar-refractivity contribution >= 4 is 0 Å². The highest BCUT2D eigenvalue weighted by Gasteiger charge is 2.14. The van der Waals surface area contributed by atoms with Crippen LogP contribution in [0.15, 0.2) is 28.8 Å². The van der Waals surface area contributed by atoms with Crippen LogP contribution in [0.2, 0.25) is 0 Å². The van der Waals surface area contributed by atoms with E-state index in [4.69, 9.17) is 15.0 Å². The first-order chi connectivity index (χ1) is 9.70. The summed E-state index contributed by atoms with van der Waals surface area (Å²) in [7, 11) is 0. The first-order valence-corrected chi connectivity index (χ1v) is 6.91. The lowest BCUT2D eigenvalue weighted by molar-refractivity contribution is 0.130. The van der Waals surface area contributed by atoms with Gasteiger partial charge >= 0.3 is 0 Å². The number of nitrogens with two attached hydrogens (primary N) is 1. The van der Waals surface area contributed by atoms with Crippen molar-refractivity contribution < 1.29 is 9.26 Å². The van der Waals surface area contributed by atoms with Crippen LogP contribution < -0.4 is 5.73 Å². The molecule has 0 saturated heterocycles.